The second-order valence-corrected chi connectivity index (χ2v) is 9.82. The molecule has 188 valence electrons. The van der Waals surface area contributed by atoms with E-state index in [1.807, 2.05) is 30.3 Å². The Morgan fingerprint density at radius 2 is 1.89 bits per heavy atom. The van der Waals surface area contributed by atoms with Crippen molar-refractivity contribution in [3.8, 4) is 17.3 Å². The second-order valence-electron chi connectivity index (χ2n) is 9.82. The standard InChI is InChI=1S/C26H27F3N6O/c27-26(28,29)24(34-11-10-17(12-30)13-34)19-7-9-22-32-33-25(35(22)14-19)20-8-6-18-2-1-3-21(23(18)31-20)36-15-16-4-5-16/h1-3,6-9,14,16-17,24H,4-5,10-13,15,30H2/t17-,24?/m1/s1. The van der Waals surface area contributed by atoms with Crippen LogP contribution in [0.1, 0.15) is 30.9 Å². The number of para-hydroxylation sites is 1. The maximum atomic E-state index is 14.3. The number of pyridine rings is 2. The number of likely N-dealkylation sites (tertiary alicyclic amines) is 1. The number of rotatable bonds is 7. The highest BCUT2D eigenvalue weighted by atomic mass is 19.4. The lowest BCUT2D eigenvalue weighted by Gasteiger charge is -2.30. The van der Waals surface area contributed by atoms with E-state index in [2.05, 4.69) is 10.2 Å². The molecule has 7 nitrogen and oxygen atoms in total. The largest absolute Gasteiger partial charge is 0.491 e. The summed E-state index contributed by atoms with van der Waals surface area (Å²) in [7, 11) is 0. The van der Waals surface area contributed by atoms with Crippen LogP contribution in [0.3, 0.4) is 0 Å². The van der Waals surface area contributed by atoms with Gasteiger partial charge in [-0.2, -0.15) is 13.2 Å². The van der Waals surface area contributed by atoms with Crippen molar-refractivity contribution in [1.82, 2.24) is 24.5 Å². The maximum absolute atomic E-state index is 14.3. The van der Waals surface area contributed by atoms with Crippen molar-refractivity contribution in [2.45, 2.75) is 31.5 Å². The fraction of sp³-hybridized carbons (Fsp3) is 0.423. The first-order chi connectivity index (χ1) is 17.4. The van der Waals surface area contributed by atoms with Crippen LogP contribution in [0, 0.1) is 11.8 Å². The molecule has 1 saturated carbocycles. The van der Waals surface area contributed by atoms with Crippen molar-refractivity contribution in [1.29, 1.82) is 0 Å². The van der Waals surface area contributed by atoms with Crippen molar-refractivity contribution >= 4 is 16.6 Å². The summed E-state index contributed by atoms with van der Waals surface area (Å²) in [5, 5.41) is 9.37. The van der Waals surface area contributed by atoms with Crippen LogP contribution in [0.15, 0.2) is 48.7 Å². The van der Waals surface area contributed by atoms with Gasteiger partial charge in [-0.1, -0.05) is 24.3 Å². The number of nitrogens with zero attached hydrogens (tertiary/aromatic N) is 5. The van der Waals surface area contributed by atoms with Crippen LogP contribution in [0.4, 0.5) is 13.2 Å². The van der Waals surface area contributed by atoms with Crippen molar-refractivity contribution in [2.24, 2.45) is 17.6 Å². The summed E-state index contributed by atoms with van der Waals surface area (Å²) in [4.78, 5) is 6.27. The molecule has 2 aliphatic rings. The van der Waals surface area contributed by atoms with Gasteiger partial charge in [0.15, 0.2) is 11.5 Å². The molecule has 1 aliphatic carbocycles. The van der Waals surface area contributed by atoms with E-state index in [1.165, 1.54) is 30.0 Å². The Balaban J connectivity index is 1.39. The highest BCUT2D eigenvalue weighted by Crippen LogP contribution is 2.40. The van der Waals surface area contributed by atoms with Crippen LogP contribution in [0.5, 0.6) is 5.75 Å². The van der Waals surface area contributed by atoms with E-state index in [4.69, 9.17) is 15.5 Å². The van der Waals surface area contributed by atoms with E-state index >= 15 is 0 Å². The van der Waals surface area contributed by atoms with Crippen LogP contribution >= 0.6 is 0 Å². The Morgan fingerprint density at radius 1 is 1.03 bits per heavy atom. The molecule has 2 atom stereocenters. The molecule has 36 heavy (non-hydrogen) atoms. The van der Waals surface area contributed by atoms with Crippen molar-refractivity contribution in [3.05, 3.63) is 54.2 Å². The molecule has 10 heteroatoms. The molecule has 1 aliphatic heterocycles. The summed E-state index contributed by atoms with van der Waals surface area (Å²) in [6.45, 7) is 1.72. The average molecular weight is 497 g/mol. The first-order valence-corrected chi connectivity index (χ1v) is 12.3. The number of nitrogens with two attached hydrogens (primary N) is 1. The number of fused-ring (bicyclic) bond motifs is 2. The summed E-state index contributed by atoms with van der Waals surface area (Å²) >= 11 is 0. The number of ether oxygens (including phenoxy) is 1. The predicted molar refractivity (Wildman–Crippen MR) is 129 cm³/mol. The fourth-order valence-corrected chi connectivity index (χ4v) is 4.99. The molecule has 3 aromatic heterocycles. The van der Waals surface area contributed by atoms with Crippen LogP contribution in [0.2, 0.25) is 0 Å². The normalized spacial score (nSPS) is 19.8. The monoisotopic (exact) mass is 496 g/mol. The Labute approximate surface area is 206 Å². The highest BCUT2D eigenvalue weighted by Gasteiger charge is 2.46. The number of benzene rings is 1. The highest BCUT2D eigenvalue weighted by molar-refractivity contribution is 5.86. The summed E-state index contributed by atoms with van der Waals surface area (Å²) in [5.41, 5.74) is 7.54. The molecule has 1 aromatic carbocycles. The number of aromatic nitrogens is 4. The molecule has 4 aromatic rings. The van der Waals surface area contributed by atoms with Gasteiger partial charge in [0.25, 0.3) is 0 Å². The third-order valence-corrected chi connectivity index (χ3v) is 7.15. The molecule has 4 heterocycles. The Hall–Kier alpha value is -3.24. The van der Waals surface area contributed by atoms with E-state index in [1.54, 1.807) is 10.5 Å². The lowest BCUT2D eigenvalue weighted by molar-refractivity contribution is -0.184. The fourth-order valence-electron chi connectivity index (χ4n) is 4.99. The Kier molecular flexibility index (Phi) is 5.80. The zero-order valence-electron chi connectivity index (χ0n) is 19.7. The third-order valence-electron chi connectivity index (χ3n) is 7.15. The number of hydrogen-bond donors (Lipinski definition) is 1. The summed E-state index contributed by atoms with van der Waals surface area (Å²) in [6, 6.07) is 10.8. The van der Waals surface area contributed by atoms with Gasteiger partial charge >= 0.3 is 6.18 Å². The molecular formula is C26H27F3N6O. The van der Waals surface area contributed by atoms with Gasteiger partial charge in [-0.15, -0.1) is 10.2 Å². The van der Waals surface area contributed by atoms with E-state index in [0.29, 0.717) is 67.0 Å². The van der Waals surface area contributed by atoms with Crippen LogP contribution in [0.25, 0.3) is 28.1 Å². The lowest BCUT2D eigenvalue weighted by atomic mass is 10.1. The molecule has 1 unspecified atom stereocenters. The molecule has 2 fully saturated rings. The van der Waals surface area contributed by atoms with Crippen molar-refractivity contribution in [2.75, 3.05) is 26.2 Å². The predicted octanol–water partition coefficient (Wildman–Crippen LogP) is 4.62. The molecule has 0 amide bonds. The van der Waals surface area contributed by atoms with Crippen molar-refractivity contribution in [3.63, 3.8) is 0 Å². The van der Waals surface area contributed by atoms with Crippen molar-refractivity contribution < 1.29 is 17.9 Å². The van der Waals surface area contributed by atoms with Gasteiger partial charge in [0.05, 0.1) is 6.61 Å². The van der Waals surface area contributed by atoms with Gasteiger partial charge < -0.3 is 10.5 Å². The molecule has 6 rings (SSSR count). The van der Waals surface area contributed by atoms with Gasteiger partial charge in [0.1, 0.15) is 23.0 Å². The first-order valence-electron chi connectivity index (χ1n) is 12.3. The zero-order chi connectivity index (χ0) is 24.9. The van der Waals surface area contributed by atoms with Gasteiger partial charge in [0.2, 0.25) is 0 Å². The number of halogens is 3. The Morgan fingerprint density at radius 3 is 2.64 bits per heavy atom. The van der Waals surface area contributed by atoms with Gasteiger partial charge in [-0.25, -0.2) is 4.98 Å². The van der Waals surface area contributed by atoms with E-state index < -0.39 is 12.2 Å². The van der Waals surface area contributed by atoms with Crippen LogP contribution < -0.4 is 10.5 Å². The molecule has 2 N–H and O–H groups in total. The number of hydrogen-bond acceptors (Lipinski definition) is 6. The summed E-state index contributed by atoms with van der Waals surface area (Å²) in [6.07, 6.45) is 0.0805. The zero-order valence-corrected chi connectivity index (χ0v) is 19.7. The minimum Gasteiger partial charge on any atom is -0.491 e. The number of alkyl halides is 3. The van der Waals surface area contributed by atoms with Gasteiger partial charge in [-0.3, -0.25) is 9.30 Å². The minimum absolute atomic E-state index is 0.0715. The molecule has 0 radical (unpaired) electrons. The smallest absolute Gasteiger partial charge is 0.408 e. The molecule has 1 saturated heterocycles. The van der Waals surface area contributed by atoms with E-state index in [9.17, 15) is 13.2 Å². The lowest BCUT2D eigenvalue weighted by Crippen LogP contribution is -2.37. The van der Waals surface area contributed by atoms with Gasteiger partial charge in [-0.05, 0) is 68.0 Å². The summed E-state index contributed by atoms with van der Waals surface area (Å²) < 4.78 is 50.4. The quantitative estimate of drug-likeness (QED) is 0.402. The second kappa shape index (κ2) is 9.01. The molecule has 0 bridgehead atoms. The summed E-state index contributed by atoms with van der Waals surface area (Å²) in [5.74, 6) is 1.74. The third kappa shape index (κ3) is 4.39. The SMILES string of the molecule is NC[C@H]1CCN(C(c2ccc3nnc(-c4ccc5cccc(OCC6CC6)c5n4)n3c2)C(F)(F)F)C1. The van der Waals surface area contributed by atoms with Gasteiger partial charge in [0, 0.05) is 18.1 Å². The Bertz CT molecular complexity index is 1400. The van der Waals surface area contributed by atoms with E-state index in [-0.39, 0.29) is 11.5 Å². The van der Waals surface area contributed by atoms with E-state index in [0.717, 1.165) is 5.39 Å². The minimum atomic E-state index is -4.43. The van der Waals surface area contributed by atoms with Crippen LogP contribution in [-0.2, 0) is 0 Å². The topological polar surface area (TPSA) is 81.6 Å². The first kappa shape index (κ1) is 23.2. The van der Waals surface area contributed by atoms with Crippen LogP contribution in [-0.4, -0.2) is 56.9 Å². The maximum Gasteiger partial charge on any atom is 0.408 e. The average Bonchev–Trinajstić information content (AvgIpc) is 3.42. The molecular weight excluding hydrogens is 469 g/mol. The molecule has 0 spiro atoms.